The van der Waals surface area contributed by atoms with E-state index in [2.05, 4.69) is 23.5 Å². The number of carbonyl (C=O) groups excluding carboxylic acids is 1. The van der Waals surface area contributed by atoms with Gasteiger partial charge in [-0.3, -0.25) is 4.79 Å². The molecule has 1 aliphatic rings. The molecule has 7 heteroatoms. The van der Waals surface area contributed by atoms with Gasteiger partial charge >= 0.3 is 0 Å². The number of nitrogens with one attached hydrogen (secondary N) is 1. The van der Waals surface area contributed by atoms with Crippen molar-refractivity contribution in [3.63, 3.8) is 0 Å². The maximum absolute atomic E-state index is 12.9. The minimum absolute atomic E-state index is 0.0803. The van der Waals surface area contributed by atoms with Crippen LogP contribution >= 0.6 is 0 Å². The third-order valence-electron chi connectivity index (χ3n) is 5.85. The number of aryl methyl sites for hydroxylation is 3. The van der Waals surface area contributed by atoms with Crippen LogP contribution in [0.25, 0.3) is 0 Å². The summed E-state index contributed by atoms with van der Waals surface area (Å²) in [6.07, 6.45) is 2.43. The van der Waals surface area contributed by atoms with Crippen molar-refractivity contribution in [1.82, 2.24) is 9.62 Å². The van der Waals surface area contributed by atoms with Crippen molar-refractivity contribution in [1.29, 1.82) is 0 Å². The van der Waals surface area contributed by atoms with Crippen LogP contribution in [0.1, 0.15) is 54.5 Å². The van der Waals surface area contributed by atoms with Gasteiger partial charge in [0.05, 0.1) is 18.0 Å². The van der Waals surface area contributed by atoms with Gasteiger partial charge in [0, 0.05) is 19.5 Å². The van der Waals surface area contributed by atoms with Crippen LogP contribution in [0.2, 0.25) is 0 Å². The van der Waals surface area contributed by atoms with E-state index < -0.39 is 10.0 Å². The molecular formula is C24H32N2O4S. The van der Waals surface area contributed by atoms with Crippen LogP contribution in [-0.2, 0) is 21.2 Å². The molecule has 0 aromatic heterocycles. The van der Waals surface area contributed by atoms with Crippen molar-refractivity contribution in [3.05, 3.63) is 58.7 Å². The van der Waals surface area contributed by atoms with Gasteiger partial charge in [0.15, 0.2) is 0 Å². The molecule has 1 N–H and O–H groups in total. The highest BCUT2D eigenvalue weighted by molar-refractivity contribution is 7.89. The molecule has 1 aliphatic heterocycles. The summed E-state index contributed by atoms with van der Waals surface area (Å²) in [5.41, 5.74) is 4.12. The molecule has 0 unspecified atom stereocenters. The predicted molar refractivity (Wildman–Crippen MR) is 122 cm³/mol. The van der Waals surface area contributed by atoms with E-state index in [9.17, 15) is 13.2 Å². The Morgan fingerprint density at radius 1 is 1.13 bits per heavy atom. The second-order valence-corrected chi connectivity index (χ2v) is 10.2. The standard InChI is InChI=1S/C24H32N2O4S/c1-17-7-8-18(2)22(15-17)19(3)25-24(27)12-9-20-16-21(10-11-23(20)30-4)31(28,29)26-13-5-6-14-26/h7-8,10-11,15-16,19H,5-6,9,12-14H2,1-4H3,(H,25,27)/t19-/m0/s1. The molecule has 0 aliphatic carbocycles. The molecule has 1 saturated heterocycles. The fourth-order valence-corrected chi connectivity index (χ4v) is 5.62. The summed E-state index contributed by atoms with van der Waals surface area (Å²) < 4.78 is 32.7. The zero-order valence-electron chi connectivity index (χ0n) is 18.8. The van der Waals surface area contributed by atoms with E-state index in [0.717, 1.165) is 35.1 Å². The molecule has 0 saturated carbocycles. The maximum atomic E-state index is 12.9. The van der Waals surface area contributed by atoms with Crippen LogP contribution in [0.5, 0.6) is 5.75 Å². The number of carbonyl (C=O) groups is 1. The van der Waals surface area contributed by atoms with Gasteiger partial charge in [-0.1, -0.05) is 23.8 Å². The zero-order valence-corrected chi connectivity index (χ0v) is 19.6. The summed E-state index contributed by atoms with van der Waals surface area (Å²) >= 11 is 0. The van der Waals surface area contributed by atoms with Crippen LogP contribution in [0.4, 0.5) is 0 Å². The normalized spacial score (nSPS) is 15.6. The Morgan fingerprint density at radius 3 is 2.52 bits per heavy atom. The Balaban J connectivity index is 1.70. The lowest BCUT2D eigenvalue weighted by atomic mass is 9.99. The maximum Gasteiger partial charge on any atom is 0.243 e. The van der Waals surface area contributed by atoms with Crippen LogP contribution in [-0.4, -0.2) is 38.8 Å². The molecule has 0 radical (unpaired) electrons. The summed E-state index contributed by atoms with van der Waals surface area (Å²) in [7, 11) is -1.96. The van der Waals surface area contributed by atoms with Crippen molar-refractivity contribution >= 4 is 15.9 Å². The van der Waals surface area contributed by atoms with E-state index in [1.54, 1.807) is 25.3 Å². The highest BCUT2D eigenvalue weighted by Crippen LogP contribution is 2.27. The number of methoxy groups -OCH3 is 1. The highest BCUT2D eigenvalue weighted by Gasteiger charge is 2.27. The van der Waals surface area contributed by atoms with Gasteiger partial charge in [-0.05, 0) is 74.9 Å². The number of benzene rings is 2. The molecule has 2 aromatic carbocycles. The van der Waals surface area contributed by atoms with E-state index >= 15 is 0 Å². The van der Waals surface area contributed by atoms with Crippen LogP contribution in [0.3, 0.4) is 0 Å². The molecule has 168 valence electrons. The lowest BCUT2D eigenvalue weighted by molar-refractivity contribution is -0.121. The van der Waals surface area contributed by atoms with Crippen molar-refractivity contribution < 1.29 is 17.9 Å². The Morgan fingerprint density at radius 2 is 1.84 bits per heavy atom. The van der Waals surface area contributed by atoms with Gasteiger partial charge < -0.3 is 10.1 Å². The first-order valence-corrected chi connectivity index (χ1v) is 12.2. The van der Waals surface area contributed by atoms with Crippen LogP contribution in [0.15, 0.2) is 41.3 Å². The number of hydrogen-bond acceptors (Lipinski definition) is 4. The second-order valence-electron chi connectivity index (χ2n) is 8.23. The van der Waals surface area contributed by atoms with Crippen LogP contribution < -0.4 is 10.1 Å². The van der Waals surface area contributed by atoms with Crippen molar-refractivity contribution in [2.45, 2.75) is 57.4 Å². The number of ether oxygens (including phenoxy) is 1. The molecule has 0 bridgehead atoms. The van der Waals surface area contributed by atoms with Gasteiger partial charge in [-0.2, -0.15) is 4.31 Å². The molecule has 1 atom stereocenters. The molecule has 1 heterocycles. The monoisotopic (exact) mass is 444 g/mol. The number of hydrogen-bond donors (Lipinski definition) is 1. The van der Waals surface area contributed by atoms with E-state index in [4.69, 9.17) is 4.74 Å². The molecule has 1 fully saturated rings. The summed E-state index contributed by atoms with van der Waals surface area (Å²) in [5, 5.41) is 3.06. The largest absolute Gasteiger partial charge is 0.496 e. The fourth-order valence-electron chi connectivity index (χ4n) is 4.05. The van der Waals surface area contributed by atoms with Crippen molar-refractivity contribution in [2.75, 3.05) is 20.2 Å². The summed E-state index contributed by atoms with van der Waals surface area (Å²) in [6, 6.07) is 11.0. The Bertz CT molecular complexity index is 1040. The minimum atomic E-state index is -3.51. The first-order chi connectivity index (χ1) is 14.7. The quantitative estimate of drug-likeness (QED) is 0.670. The van der Waals surface area contributed by atoms with Gasteiger partial charge in [0.1, 0.15) is 5.75 Å². The number of amides is 1. The third-order valence-corrected chi connectivity index (χ3v) is 7.75. The average Bonchev–Trinajstić information content (AvgIpc) is 3.29. The average molecular weight is 445 g/mol. The first kappa shape index (κ1) is 23.3. The van der Waals surface area contributed by atoms with Crippen molar-refractivity contribution in [2.24, 2.45) is 0 Å². The van der Waals surface area contributed by atoms with Crippen molar-refractivity contribution in [3.8, 4) is 5.75 Å². The van der Waals surface area contributed by atoms with Gasteiger partial charge in [-0.25, -0.2) is 8.42 Å². The number of sulfonamides is 1. The SMILES string of the molecule is COc1ccc(S(=O)(=O)N2CCCC2)cc1CCC(=O)N[C@@H](C)c1cc(C)ccc1C. The van der Waals surface area contributed by atoms with E-state index in [0.29, 0.717) is 25.3 Å². The topological polar surface area (TPSA) is 75.7 Å². The Kier molecular flexibility index (Phi) is 7.38. The third kappa shape index (κ3) is 5.46. The lowest BCUT2D eigenvalue weighted by Gasteiger charge is -2.18. The molecular weight excluding hydrogens is 412 g/mol. The Labute approximate surface area is 185 Å². The summed E-state index contributed by atoms with van der Waals surface area (Å²) in [6.45, 7) is 7.16. The smallest absolute Gasteiger partial charge is 0.243 e. The molecule has 6 nitrogen and oxygen atoms in total. The summed E-state index contributed by atoms with van der Waals surface area (Å²) in [5.74, 6) is 0.513. The number of nitrogens with zero attached hydrogens (tertiary/aromatic N) is 1. The van der Waals surface area contributed by atoms with Gasteiger partial charge in [0.25, 0.3) is 0 Å². The molecule has 31 heavy (non-hydrogen) atoms. The van der Waals surface area contributed by atoms with Crippen LogP contribution in [0, 0.1) is 13.8 Å². The predicted octanol–water partition coefficient (Wildman–Crippen LogP) is 3.91. The van der Waals surface area contributed by atoms with E-state index in [1.807, 2.05) is 20.8 Å². The van der Waals surface area contributed by atoms with Gasteiger partial charge in [-0.15, -0.1) is 0 Å². The molecule has 3 rings (SSSR count). The van der Waals surface area contributed by atoms with E-state index in [-0.39, 0.29) is 23.3 Å². The molecule has 2 aromatic rings. The highest BCUT2D eigenvalue weighted by atomic mass is 32.2. The fraction of sp³-hybridized carbons (Fsp3) is 0.458. The molecule has 0 spiro atoms. The Hall–Kier alpha value is -2.38. The first-order valence-electron chi connectivity index (χ1n) is 10.8. The summed E-state index contributed by atoms with van der Waals surface area (Å²) in [4.78, 5) is 12.9. The lowest BCUT2D eigenvalue weighted by Crippen LogP contribution is -2.28. The zero-order chi connectivity index (χ0) is 22.6. The van der Waals surface area contributed by atoms with E-state index in [1.165, 1.54) is 4.31 Å². The molecule has 1 amide bonds. The minimum Gasteiger partial charge on any atom is -0.496 e. The second kappa shape index (κ2) is 9.83. The number of rotatable bonds is 8. The van der Waals surface area contributed by atoms with Gasteiger partial charge in [0.2, 0.25) is 15.9 Å².